The summed E-state index contributed by atoms with van der Waals surface area (Å²) in [5, 5.41) is 2.71. The largest absolute Gasteiger partial charge is 0.493 e. The second kappa shape index (κ2) is 6.60. The minimum atomic E-state index is -0.367. The summed E-state index contributed by atoms with van der Waals surface area (Å²) in [5.41, 5.74) is 0.518. The molecule has 1 amide bonds. The van der Waals surface area contributed by atoms with Crippen molar-refractivity contribution in [3.05, 3.63) is 52.4 Å². The first-order valence-electron chi connectivity index (χ1n) is 6.45. The number of pyridine rings is 1. The van der Waals surface area contributed by atoms with E-state index < -0.39 is 0 Å². The lowest BCUT2D eigenvalue weighted by molar-refractivity contribution is 0.102. The van der Waals surface area contributed by atoms with E-state index in [0.717, 1.165) is 0 Å². The summed E-state index contributed by atoms with van der Waals surface area (Å²) >= 11 is 0. The number of rotatable bonds is 5. The topological polar surface area (TPSA) is 80.4 Å². The molecule has 0 aliphatic rings. The number of aromatic nitrogens is 1. The summed E-state index contributed by atoms with van der Waals surface area (Å²) in [7, 11) is 1.55. The molecule has 0 saturated carbocycles. The van der Waals surface area contributed by atoms with Crippen molar-refractivity contribution in [1.82, 2.24) is 4.98 Å². The average Bonchev–Trinajstić information content (AvgIpc) is 2.48. The first kappa shape index (κ1) is 14.6. The predicted molar refractivity (Wildman–Crippen MR) is 79.2 cm³/mol. The highest BCUT2D eigenvalue weighted by Gasteiger charge is 2.09. The van der Waals surface area contributed by atoms with Crippen molar-refractivity contribution in [3.8, 4) is 11.5 Å². The van der Waals surface area contributed by atoms with Crippen LogP contribution in [-0.2, 0) is 0 Å². The third-order valence-electron chi connectivity index (χ3n) is 2.76. The molecule has 0 aliphatic carbocycles. The maximum Gasteiger partial charge on any atom is 0.255 e. The molecule has 21 heavy (non-hydrogen) atoms. The van der Waals surface area contributed by atoms with Crippen molar-refractivity contribution in [2.45, 2.75) is 6.92 Å². The van der Waals surface area contributed by atoms with Crippen LogP contribution < -0.4 is 20.3 Å². The molecule has 0 unspecified atom stereocenters. The number of methoxy groups -OCH3 is 1. The highest BCUT2D eigenvalue weighted by molar-refractivity contribution is 6.04. The zero-order valence-electron chi connectivity index (χ0n) is 11.8. The summed E-state index contributed by atoms with van der Waals surface area (Å²) in [6.45, 7) is 2.35. The Bertz CT molecular complexity index is 694. The lowest BCUT2D eigenvalue weighted by Crippen LogP contribution is -2.15. The molecule has 110 valence electrons. The normalized spacial score (nSPS) is 10.0. The van der Waals surface area contributed by atoms with E-state index in [-0.39, 0.29) is 17.0 Å². The maximum atomic E-state index is 12.1. The van der Waals surface area contributed by atoms with Crippen molar-refractivity contribution in [1.29, 1.82) is 0 Å². The molecule has 0 fully saturated rings. The van der Waals surface area contributed by atoms with Gasteiger partial charge >= 0.3 is 0 Å². The third-order valence-corrected chi connectivity index (χ3v) is 2.76. The van der Waals surface area contributed by atoms with Gasteiger partial charge in [-0.2, -0.15) is 0 Å². The fraction of sp³-hybridized carbons (Fsp3) is 0.200. The zero-order valence-corrected chi connectivity index (χ0v) is 11.8. The Kier molecular flexibility index (Phi) is 4.61. The van der Waals surface area contributed by atoms with Crippen LogP contribution in [0.5, 0.6) is 11.5 Å². The molecule has 2 rings (SSSR count). The molecular weight excluding hydrogens is 272 g/mol. The van der Waals surface area contributed by atoms with Gasteiger partial charge in [-0.05, 0) is 25.1 Å². The zero-order chi connectivity index (χ0) is 15.2. The number of anilines is 1. The van der Waals surface area contributed by atoms with Crippen molar-refractivity contribution in [2.75, 3.05) is 19.0 Å². The lowest BCUT2D eigenvalue weighted by atomic mass is 10.2. The molecule has 1 heterocycles. The van der Waals surface area contributed by atoms with Gasteiger partial charge in [0.25, 0.3) is 5.91 Å². The molecule has 0 atom stereocenters. The Balaban J connectivity index is 2.21. The van der Waals surface area contributed by atoms with Crippen LogP contribution in [0.25, 0.3) is 0 Å². The Morgan fingerprint density at radius 3 is 2.71 bits per heavy atom. The first-order valence-corrected chi connectivity index (χ1v) is 6.45. The van der Waals surface area contributed by atoms with Crippen LogP contribution in [0.2, 0.25) is 0 Å². The van der Waals surface area contributed by atoms with E-state index in [1.165, 1.54) is 18.3 Å². The second-order valence-electron chi connectivity index (χ2n) is 4.19. The Labute approximate surface area is 121 Å². The molecule has 0 spiro atoms. The van der Waals surface area contributed by atoms with Crippen molar-refractivity contribution in [2.24, 2.45) is 0 Å². The highest BCUT2D eigenvalue weighted by atomic mass is 16.5. The van der Waals surface area contributed by atoms with Gasteiger partial charge in [0.1, 0.15) is 0 Å². The van der Waals surface area contributed by atoms with Gasteiger partial charge in [-0.15, -0.1) is 0 Å². The molecule has 0 bridgehead atoms. The number of carbonyl (C=O) groups excluding carboxylic acids is 1. The van der Waals surface area contributed by atoms with Gasteiger partial charge < -0.3 is 19.8 Å². The van der Waals surface area contributed by atoms with Crippen molar-refractivity contribution < 1.29 is 14.3 Å². The molecule has 2 N–H and O–H groups in total. The average molecular weight is 288 g/mol. The molecule has 1 aromatic carbocycles. The summed E-state index contributed by atoms with van der Waals surface area (Å²) in [5.74, 6) is 0.767. The molecule has 1 aromatic heterocycles. The number of hydrogen-bond acceptors (Lipinski definition) is 4. The van der Waals surface area contributed by atoms with E-state index in [9.17, 15) is 9.59 Å². The lowest BCUT2D eigenvalue weighted by Gasteiger charge is -2.11. The van der Waals surface area contributed by atoms with Gasteiger partial charge in [-0.25, -0.2) is 0 Å². The van der Waals surface area contributed by atoms with E-state index in [1.807, 2.05) is 6.92 Å². The van der Waals surface area contributed by atoms with Crippen LogP contribution in [0.3, 0.4) is 0 Å². The Morgan fingerprint density at radius 2 is 2.05 bits per heavy atom. The Morgan fingerprint density at radius 1 is 1.24 bits per heavy atom. The van der Waals surface area contributed by atoms with E-state index in [1.54, 1.807) is 25.3 Å². The van der Waals surface area contributed by atoms with Gasteiger partial charge in [-0.3, -0.25) is 9.59 Å². The van der Waals surface area contributed by atoms with Crippen LogP contribution in [0.4, 0.5) is 5.69 Å². The van der Waals surface area contributed by atoms with E-state index in [4.69, 9.17) is 9.47 Å². The molecule has 6 nitrogen and oxygen atoms in total. The molecular formula is C15H16N2O4. The van der Waals surface area contributed by atoms with Gasteiger partial charge in [-0.1, -0.05) is 0 Å². The summed E-state index contributed by atoms with van der Waals surface area (Å²) < 4.78 is 10.6. The van der Waals surface area contributed by atoms with Crippen molar-refractivity contribution in [3.63, 3.8) is 0 Å². The number of H-pyrrole nitrogens is 1. The second-order valence-corrected chi connectivity index (χ2v) is 4.19. The van der Waals surface area contributed by atoms with Gasteiger partial charge in [0.2, 0.25) is 5.56 Å². The Hall–Kier alpha value is -2.76. The SMILES string of the molecule is CCOc1cc(NC(=O)c2cc[nH]c(=O)c2)ccc1OC. The number of hydrogen-bond donors (Lipinski definition) is 2. The minimum Gasteiger partial charge on any atom is -0.493 e. The van der Waals surface area contributed by atoms with Crippen LogP contribution in [0, 0.1) is 0 Å². The first-order chi connectivity index (χ1) is 10.1. The predicted octanol–water partition coefficient (Wildman–Crippen LogP) is 2.03. The van der Waals surface area contributed by atoms with Crippen LogP contribution in [0.15, 0.2) is 41.3 Å². The van der Waals surface area contributed by atoms with E-state index in [0.29, 0.717) is 23.8 Å². The quantitative estimate of drug-likeness (QED) is 0.882. The van der Waals surface area contributed by atoms with Crippen LogP contribution in [-0.4, -0.2) is 24.6 Å². The number of amides is 1. The fourth-order valence-corrected chi connectivity index (χ4v) is 1.81. The van der Waals surface area contributed by atoms with Crippen LogP contribution in [0.1, 0.15) is 17.3 Å². The summed E-state index contributed by atoms with van der Waals surface area (Å²) in [6, 6.07) is 7.85. The monoisotopic (exact) mass is 288 g/mol. The highest BCUT2D eigenvalue weighted by Crippen LogP contribution is 2.30. The number of nitrogens with one attached hydrogen (secondary N) is 2. The van der Waals surface area contributed by atoms with E-state index >= 15 is 0 Å². The summed E-state index contributed by atoms with van der Waals surface area (Å²) in [4.78, 5) is 25.7. The standard InChI is InChI=1S/C15H16N2O4/c1-3-21-13-9-11(4-5-12(13)20-2)17-15(19)10-6-7-16-14(18)8-10/h4-9H,3H2,1-2H3,(H,16,18)(H,17,19). The molecule has 0 radical (unpaired) electrons. The number of carbonyl (C=O) groups is 1. The smallest absolute Gasteiger partial charge is 0.255 e. The van der Waals surface area contributed by atoms with Gasteiger partial charge in [0, 0.05) is 29.6 Å². The van der Waals surface area contributed by atoms with E-state index in [2.05, 4.69) is 10.3 Å². The minimum absolute atomic E-state index is 0.285. The molecule has 2 aromatic rings. The number of ether oxygens (including phenoxy) is 2. The molecule has 6 heteroatoms. The maximum absolute atomic E-state index is 12.1. The van der Waals surface area contributed by atoms with Gasteiger partial charge in [0.15, 0.2) is 11.5 Å². The molecule has 0 aliphatic heterocycles. The fourth-order valence-electron chi connectivity index (χ4n) is 1.81. The number of aromatic amines is 1. The molecule has 0 saturated heterocycles. The summed E-state index contributed by atoms with van der Waals surface area (Å²) in [6.07, 6.45) is 1.43. The third kappa shape index (κ3) is 3.62. The van der Waals surface area contributed by atoms with Crippen LogP contribution >= 0.6 is 0 Å². The van der Waals surface area contributed by atoms with Gasteiger partial charge in [0.05, 0.1) is 13.7 Å². The van der Waals surface area contributed by atoms with Crippen molar-refractivity contribution >= 4 is 11.6 Å². The number of benzene rings is 1.